The number of nitrogens with one attached hydrogen (secondary N) is 1. The number of fused-ring (bicyclic) bond motifs is 2. The molecule has 2 aromatic heterocycles. The highest BCUT2D eigenvalue weighted by atomic mass is 15.1. The van der Waals surface area contributed by atoms with E-state index < -0.39 is 0 Å². The van der Waals surface area contributed by atoms with Crippen LogP contribution >= 0.6 is 0 Å². The summed E-state index contributed by atoms with van der Waals surface area (Å²) in [4.78, 5) is 15.5. The monoisotopic (exact) mass is 396 g/mol. The van der Waals surface area contributed by atoms with Crippen LogP contribution in [-0.4, -0.2) is 26.4 Å². The quantitative estimate of drug-likeness (QED) is 0.487. The van der Waals surface area contributed by atoms with E-state index in [0.29, 0.717) is 5.92 Å². The van der Waals surface area contributed by atoms with Gasteiger partial charge in [0.25, 0.3) is 0 Å². The molecular weight excluding hydrogens is 368 g/mol. The van der Waals surface area contributed by atoms with Crippen molar-refractivity contribution in [1.82, 2.24) is 19.9 Å². The van der Waals surface area contributed by atoms with Gasteiger partial charge in [-0.3, -0.25) is 4.90 Å². The smallest absolute Gasteiger partial charge is 0.159 e. The van der Waals surface area contributed by atoms with E-state index in [-0.39, 0.29) is 0 Å². The lowest BCUT2D eigenvalue weighted by molar-refractivity contribution is 0.242. The molecule has 3 heterocycles. The zero-order valence-corrected chi connectivity index (χ0v) is 17.9. The van der Waals surface area contributed by atoms with Crippen LogP contribution in [0.1, 0.15) is 47.7 Å². The van der Waals surface area contributed by atoms with Crippen LogP contribution in [0.3, 0.4) is 0 Å². The molecule has 0 spiro atoms. The van der Waals surface area contributed by atoms with Crippen molar-refractivity contribution < 1.29 is 0 Å². The van der Waals surface area contributed by atoms with Crippen molar-refractivity contribution in [3.63, 3.8) is 0 Å². The average Bonchev–Trinajstić information content (AvgIpc) is 3.15. The largest absolute Gasteiger partial charge is 0.361 e. The molecule has 0 unspecified atom stereocenters. The standard InChI is InChI=1S/C26H28N4/c1-17(2)20-8-9-23-22(14-27-24(23)12-20)15-30-11-10-21-13-28-26(29-25(21)16-30)19-6-4-18(3)5-7-19/h4-9,12-14,17,27H,10-11,15-16H2,1-3H3. The second kappa shape index (κ2) is 7.69. The molecule has 152 valence electrons. The number of aromatic amines is 1. The Balaban J connectivity index is 1.37. The fourth-order valence-electron chi connectivity index (χ4n) is 4.27. The Bertz CT molecular complexity index is 1190. The molecule has 4 aromatic rings. The minimum atomic E-state index is 0.544. The van der Waals surface area contributed by atoms with Gasteiger partial charge in [-0.2, -0.15) is 0 Å². The van der Waals surface area contributed by atoms with Gasteiger partial charge >= 0.3 is 0 Å². The van der Waals surface area contributed by atoms with Gasteiger partial charge in [0, 0.05) is 48.5 Å². The Morgan fingerprint density at radius 1 is 1.10 bits per heavy atom. The molecule has 1 aliphatic heterocycles. The van der Waals surface area contributed by atoms with Crippen LogP contribution in [0.4, 0.5) is 0 Å². The molecule has 1 N–H and O–H groups in total. The lowest BCUT2D eigenvalue weighted by Gasteiger charge is -2.27. The molecule has 1 aliphatic rings. The van der Waals surface area contributed by atoms with E-state index in [9.17, 15) is 0 Å². The van der Waals surface area contributed by atoms with Crippen molar-refractivity contribution in [3.05, 3.63) is 82.8 Å². The lowest BCUT2D eigenvalue weighted by Crippen LogP contribution is -2.31. The number of benzene rings is 2. The van der Waals surface area contributed by atoms with Crippen LogP contribution in [0, 0.1) is 6.92 Å². The van der Waals surface area contributed by atoms with Crippen LogP contribution in [0.5, 0.6) is 0 Å². The van der Waals surface area contributed by atoms with Gasteiger partial charge < -0.3 is 4.98 Å². The van der Waals surface area contributed by atoms with E-state index in [1.165, 1.54) is 33.2 Å². The van der Waals surface area contributed by atoms with E-state index in [1.54, 1.807) is 0 Å². The molecule has 4 nitrogen and oxygen atoms in total. The fraction of sp³-hybridized carbons (Fsp3) is 0.308. The number of H-pyrrole nitrogens is 1. The predicted octanol–water partition coefficient (Wildman–Crippen LogP) is 5.62. The third kappa shape index (κ3) is 3.63. The van der Waals surface area contributed by atoms with Gasteiger partial charge in [0.15, 0.2) is 5.82 Å². The maximum atomic E-state index is 4.93. The molecule has 0 radical (unpaired) electrons. The third-order valence-corrected chi connectivity index (χ3v) is 6.19. The van der Waals surface area contributed by atoms with Crippen LogP contribution in [0.2, 0.25) is 0 Å². The normalized spacial score (nSPS) is 14.4. The van der Waals surface area contributed by atoms with E-state index in [1.807, 2.05) is 6.20 Å². The molecule has 0 saturated heterocycles. The molecule has 0 saturated carbocycles. The molecule has 0 amide bonds. The Hall–Kier alpha value is -2.98. The molecule has 5 rings (SSSR count). The number of rotatable bonds is 4. The average molecular weight is 397 g/mol. The maximum absolute atomic E-state index is 4.93. The molecular formula is C26H28N4. The minimum absolute atomic E-state index is 0.544. The summed E-state index contributed by atoms with van der Waals surface area (Å²) in [5.41, 5.74) is 8.74. The predicted molar refractivity (Wildman–Crippen MR) is 122 cm³/mol. The van der Waals surface area contributed by atoms with E-state index in [2.05, 4.69) is 84.3 Å². The zero-order valence-electron chi connectivity index (χ0n) is 17.9. The van der Waals surface area contributed by atoms with Gasteiger partial charge in [-0.15, -0.1) is 0 Å². The molecule has 2 aromatic carbocycles. The first-order valence-electron chi connectivity index (χ1n) is 10.8. The Morgan fingerprint density at radius 2 is 1.93 bits per heavy atom. The van der Waals surface area contributed by atoms with Gasteiger partial charge in [-0.1, -0.05) is 55.8 Å². The SMILES string of the molecule is Cc1ccc(-c2ncc3c(n2)CN(Cc2c[nH]c4cc(C(C)C)ccc24)CC3)cc1. The van der Waals surface area contributed by atoms with E-state index in [4.69, 9.17) is 4.98 Å². The van der Waals surface area contributed by atoms with Crippen molar-refractivity contribution >= 4 is 10.9 Å². The van der Waals surface area contributed by atoms with Crippen molar-refractivity contribution in [3.8, 4) is 11.4 Å². The third-order valence-electron chi connectivity index (χ3n) is 6.19. The Morgan fingerprint density at radius 3 is 2.73 bits per heavy atom. The summed E-state index contributed by atoms with van der Waals surface area (Å²) in [5.74, 6) is 1.37. The summed E-state index contributed by atoms with van der Waals surface area (Å²) in [5, 5.41) is 1.33. The van der Waals surface area contributed by atoms with Gasteiger partial charge in [0.2, 0.25) is 0 Å². The molecule has 30 heavy (non-hydrogen) atoms. The molecule has 0 aliphatic carbocycles. The van der Waals surface area contributed by atoms with Crippen molar-refractivity contribution in [2.45, 2.75) is 46.2 Å². The number of hydrogen-bond acceptors (Lipinski definition) is 3. The first-order chi connectivity index (χ1) is 14.6. The highest BCUT2D eigenvalue weighted by Crippen LogP contribution is 2.27. The number of hydrogen-bond donors (Lipinski definition) is 1. The van der Waals surface area contributed by atoms with Crippen LogP contribution in [0.15, 0.2) is 54.9 Å². The Kier molecular flexibility index (Phi) is 4.87. The topological polar surface area (TPSA) is 44.8 Å². The van der Waals surface area contributed by atoms with Crippen LogP contribution in [-0.2, 0) is 19.5 Å². The van der Waals surface area contributed by atoms with E-state index in [0.717, 1.165) is 43.1 Å². The summed E-state index contributed by atoms with van der Waals surface area (Å²) < 4.78 is 0. The summed E-state index contributed by atoms with van der Waals surface area (Å²) in [6.45, 7) is 9.42. The van der Waals surface area contributed by atoms with Crippen molar-refractivity contribution in [2.24, 2.45) is 0 Å². The summed E-state index contributed by atoms with van der Waals surface area (Å²) in [6.07, 6.45) is 5.19. The zero-order chi connectivity index (χ0) is 20.7. The van der Waals surface area contributed by atoms with Gasteiger partial charge in [-0.25, -0.2) is 9.97 Å². The number of aryl methyl sites for hydroxylation is 1. The second-order valence-electron chi connectivity index (χ2n) is 8.77. The van der Waals surface area contributed by atoms with Crippen LogP contribution in [0.25, 0.3) is 22.3 Å². The van der Waals surface area contributed by atoms with E-state index >= 15 is 0 Å². The number of aromatic nitrogens is 3. The molecule has 0 bridgehead atoms. The first kappa shape index (κ1) is 19.0. The van der Waals surface area contributed by atoms with Crippen molar-refractivity contribution in [1.29, 1.82) is 0 Å². The first-order valence-corrected chi connectivity index (χ1v) is 10.8. The maximum Gasteiger partial charge on any atom is 0.159 e. The summed E-state index contributed by atoms with van der Waals surface area (Å²) >= 11 is 0. The lowest BCUT2D eigenvalue weighted by atomic mass is 10.0. The highest BCUT2D eigenvalue weighted by molar-refractivity contribution is 5.83. The minimum Gasteiger partial charge on any atom is -0.361 e. The fourth-order valence-corrected chi connectivity index (χ4v) is 4.27. The van der Waals surface area contributed by atoms with Gasteiger partial charge in [0.05, 0.1) is 5.69 Å². The van der Waals surface area contributed by atoms with Crippen LogP contribution < -0.4 is 0 Å². The Labute approximate surface area is 178 Å². The van der Waals surface area contributed by atoms with Gasteiger partial charge in [-0.05, 0) is 42.0 Å². The summed E-state index contributed by atoms with van der Waals surface area (Å²) in [6, 6.07) is 15.3. The van der Waals surface area contributed by atoms with Gasteiger partial charge in [0.1, 0.15) is 0 Å². The molecule has 4 heteroatoms. The molecule has 0 atom stereocenters. The highest BCUT2D eigenvalue weighted by Gasteiger charge is 2.20. The molecule has 0 fully saturated rings. The summed E-state index contributed by atoms with van der Waals surface area (Å²) in [7, 11) is 0. The second-order valence-corrected chi connectivity index (χ2v) is 8.77. The van der Waals surface area contributed by atoms with Crippen molar-refractivity contribution in [2.75, 3.05) is 6.54 Å². The number of nitrogens with zero attached hydrogens (tertiary/aromatic N) is 3.